The summed E-state index contributed by atoms with van der Waals surface area (Å²) in [5.74, 6) is 0.682. The first kappa shape index (κ1) is 16.3. The van der Waals surface area contributed by atoms with Crippen LogP contribution in [0, 0.1) is 6.92 Å². The molecule has 2 aromatic heterocycles. The lowest BCUT2D eigenvalue weighted by atomic mass is 10.1. The van der Waals surface area contributed by atoms with E-state index in [1.807, 2.05) is 35.9 Å². The van der Waals surface area contributed by atoms with Crippen LogP contribution >= 0.6 is 11.6 Å². The average Bonchev–Trinajstić information content (AvgIpc) is 3.05. The Balaban J connectivity index is 1.74. The highest BCUT2D eigenvalue weighted by Gasteiger charge is 2.21. The summed E-state index contributed by atoms with van der Waals surface area (Å²) in [4.78, 5) is 17.6. The number of aryl methyl sites for hydroxylation is 1. The van der Waals surface area contributed by atoms with Gasteiger partial charge in [0.2, 0.25) is 0 Å². The fourth-order valence-electron chi connectivity index (χ4n) is 3.28. The van der Waals surface area contributed by atoms with Crippen molar-refractivity contribution in [2.24, 2.45) is 0 Å². The molecule has 130 valence electrons. The van der Waals surface area contributed by atoms with Gasteiger partial charge in [-0.25, -0.2) is 9.67 Å². The zero-order chi connectivity index (χ0) is 17.4. The van der Waals surface area contributed by atoms with Gasteiger partial charge in [0.05, 0.1) is 18.8 Å². The maximum Gasteiger partial charge on any atom is 0.264 e. The standard InChI is InChI=1S/C18H19ClN4O2/c1-12-21-17-16(10-20-23(17)15-6-8-25-9-7-15)18(24)22(12)11-13-2-4-14(19)5-3-13/h2-5,10,15H,6-9,11H2,1H3. The third kappa shape index (κ3) is 3.07. The van der Waals surface area contributed by atoms with Gasteiger partial charge in [-0.15, -0.1) is 0 Å². The Morgan fingerprint density at radius 1 is 1.24 bits per heavy atom. The summed E-state index contributed by atoms with van der Waals surface area (Å²) in [7, 11) is 0. The molecule has 1 aliphatic rings. The smallest absolute Gasteiger partial charge is 0.264 e. The summed E-state index contributed by atoms with van der Waals surface area (Å²) < 4.78 is 8.98. The van der Waals surface area contributed by atoms with E-state index in [-0.39, 0.29) is 11.6 Å². The Hall–Kier alpha value is -2.18. The van der Waals surface area contributed by atoms with Gasteiger partial charge in [-0.05, 0) is 37.5 Å². The van der Waals surface area contributed by atoms with E-state index in [1.165, 1.54) is 0 Å². The fourth-order valence-corrected chi connectivity index (χ4v) is 3.41. The van der Waals surface area contributed by atoms with Gasteiger partial charge in [0.1, 0.15) is 11.2 Å². The molecule has 0 bridgehead atoms. The lowest BCUT2D eigenvalue weighted by Gasteiger charge is -2.22. The molecule has 0 spiro atoms. The van der Waals surface area contributed by atoms with Crippen LogP contribution in [0.4, 0.5) is 0 Å². The summed E-state index contributed by atoms with van der Waals surface area (Å²) in [5, 5.41) is 5.69. The van der Waals surface area contributed by atoms with Crippen molar-refractivity contribution in [3.63, 3.8) is 0 Å². The third-order valence-corrected chi connectivity index (χ3v) is 4.95. The zero-order valence-electron chi connectivity index (χ0n) is 14.0. The zero-order valence-corrected chi connectivity index (χ0v) is 14.7. The molecule has 1 aliphatic heterocycles. The molecule has 3 aromatic rings. The largest absolute Gasteiger partial charge is 0.381 e. The van der Waals surface area contributed by atoms with E-state index < -0.39 is 0 Å². The summed E-state index contributed by atoms with van der Waals surface area (Å²) in [6.45, 7) is 3.77. The van der Waals surface area contributed by atoms with E-state index in [4.69, 9.17) is 16.3 Å². The highest BCUT2D eigenvalue weighted by molar-refractivity contribution is 6.30. The van der Waals surface area contributed by atoms with Gasteiger partial charge in [0, 0.05) is 18.2 Å². The molecule has 6 nitrogen and oxygen atoms in total. The number of benzene rings is 1. The van der Waals surface area contributed by atoms with E-state index in [2.05, 4.69) is 10.1 Å². The van der Waals surface area contributed by atoms with Crippen LogP contribution in [0.25, 0.3) is 11.0 Å². The Morgan fingerprint density at radius 2 is 1.96 bits per heavy atom. The van der Waals surface area contributed by atoms with Crippen LogP contribution < -0.4 is 5.56 Å². The van der Waals surface area contributed by atoms with Crippen LogP contribution in [-0.4, -0.2) is 32.5 Å². The van der Waals surface area contributed by atoms with Gasteiger partial charge in [-0.2, -0.15) is 5.10 Å². The maximum atomic E-state index is 12.9. The van der Waals surface area contributed by atoms with Gasteiger partial charge in [0.25, 0.3) is 5.56 Å². The summed E-state index contributed by atoms with van der Waals surface area (Å²) in [5.41, 5.74) is 1.62. The van der Waals surface area contributed by atoms with Gasteiger partial charge in [-0.1, -0.05) is 23.7 Å². The predicted octanol–water partition coefficient (Wildman–Crippen LogP) is 2.95. The molecular weight excluding hydrogens is 340 g/mol. The monoisotopic (exact) mass is 358 g/mol. The molecule has 1 aromatic carbocycles. The molecule has 0 aliphatic carbocycles. The average molecular weight is 359 g/mol. The number of hydrogen-bond donors (Lipinski definition) is 0. The molecule has 0 unspecified atom stereocenters. The topological polar surface area (TPSA) is 61.9 Å². The summed E-state index contributed by atoms with van der Waals surface area (Å²) in [6.07, 6.45) is 3.43. The van der Waals surface area contributed by atoms with E-state index >= 15 is 0 Å². The molecule has 25 heavy (non-hydrogen) atoms. The van der Waals surface area contributed by atoms with Gasteiger partial charge >= 0.3 is 0 Å². The lowest BCUT2D eigenvalue weighted by Crippen LogP contribution is -2.25. The van der Waals surface area contributed by atoms with Crippen LogP contribution in [0.5, 0.6) is 0 Å². The number of ether oxygens (including phenoxy) is 1. The van der Waals surface area contributed by atoms with Gasteiger partial charge in [0.15, 0.2) is 5.65 Å². The van der Waals surface area contributed by atoms with Gasteiger partial charge < -0.3 is 4.74 Å². The van der Waals surface area contributed by atoms with Crippen molar-refractivity contribution in [3.8, 4) is 0 Å². The number of nitrogens with zero attached hydrogens (tertiary/aromatic N) is 4. The fraction of sp³-hybridized carbons (Fsp3) is 0.389. The SMILES string of the molecule is Cc1nc2c(cnn2C2CCOCC2)c(=O)n1Cc1ccc(Cl)cc1. The van der Waals surface area contributed by atoms with Gasteiger partial charge in [-0.3, -0.25) is 9.36 Å². The van der Waals surface area contributed by atoms with E-state index in [0.29, 0.717) is 28.4 Å². The molecule has 0 amide bonds. The van der Waals surface area contributed by atoms with E-state index in [0.717, 1.165) is 31.6 Å². The number of aromatic nitrogens is 4. The van der Waals surface area contributed by atoms with Crippen molar-refractivity contribution in [2.45, 2.75) is 32.4 Å². The molecule has 0 N–H and O–H groups in total. The van der Waals surface area contributed by atoms with Crippen LogP contribution in [0.2, 0.25) is 5.02 Å². The molecule has 0 atom stereocenters. The molecule has 1 fully saturated rings. The maximum absolute atomic E-state index is 12.9. The Labute approximate surface area is 150 Å². The molecule has 3 heterocycles. The lowest BCUT2D eigenvalue weighted by molar-refractivity contribution is 0.0673. The highest BCUT2D eigenvalue weighted by atomic mass is 35.5. The minimum Gasteiger partial charge on any atom is -0.381 e. The second-order valence-corrected chi connectivity index (χ2v) is 6.78. The van der Waals surface area contributed by atoms with Crippen molar-refractivity contribution in [1.29, 1.82) is 0 Å². The molecule has 4 rings (SSSR count). The first-order valence-corrected chi connectivity index (χ1v) is 8.78. The van der Waals surface area contributed by atoms with E-state index in [9.17, 15) is 4.79 Å². The van der Waals surface area contributed by atoms with Crippen molar-refractivity contribution >= 4 is 22.6 Å². The van der Waals surface area contributed by atoms with E-state index in [1.54, 1.807) is 10.8 Å². The Morgan fingerprint density at radius 3 is 2.68 bits per heavy atom. The Kier molecular flexibility index (Phi) is 4.31. The molecular formula is C18H19ClN4O2. The van der Waals surface area contributed by atoms with Crippen molar-refractivity contribution in [3.05, 3.63) is 57.2 Å². The van der Waals surface area contributed by atoms with Crippen LogP contribution in [0.1, 0.15) is 30.3 Å². The van der Waals surface area contributed by atoms with Crippen LogP contribution in [-0.2, 0) is 11.3 Å². The first-order chi connectivity index (χ1) is 12.1. The minimum atomic E-state index is -0.0595. The molecule has 0 radical (unpaired) electrons. The van der Waals surface area contributed by atoms with Crippen LogP contribution in [0.3, 0.4) is 0 Å². The molecule has 0 saturated carbocycles. The third-order valence-electron chi connectivity index (χ3n) is 4.69. The first-order valence-electron chi connectivity index (χ1n) is 8.40. The quantitative estimate of drug-likeness (QED) is 0.722. The summed E-state index contributed by atoms with van der Waals surface area (Å²) in [6, 6.07) is 7.73. The highest BCUT2D eigenvalue weighted by Crippen LogP contribution is 2.23. The number of hydrogen-bond acceptors (Lipinski definition) is 4. The van der Waals surface area contributed by atoms with Crippen LogP contribution in [0.15, 0.2) is 35.3 Å². The molecule has 1 saturated heterocycles. The predicted molar refractivity (Wildman–Crippen MR) is 96.2 cm³/mol. The van der Waals surface area contributed by atoms with Crippen molar-refractivity contribution < 1.29 is 4.74 Å². The number of halogens is 1. The number of rotatable bonds is 3. The molecule has 7 heteroatoms. The second-order valence-electron chi connectivity index (χ2n) is 6.35. The summed E-state index contributed by atoms with van der Waals surface area (Å²) >= 11 is 5.93. The van der Waals surface area contributed by atoms with Crippen molar-refractivity contribution in [2.75, 3.05) is 13.2 Å². The number of fused-ring (bicyclic) bond motifs is 1. The normalized spacial score (nSPS) is 15.8. The minimum absolute atomic E-state index is 0.0595. The second kappa shape index (κ2) is 6.61. The van der Waals surface area contributed by atoms with Crippen molar-refractivity contribution in [1.82, 2.24) is 19.3 Å². The Bertz CT molecular complexity index is 956.